The van der Waals surface area contributed by atoms with E-state index in [2.05, 4.69) is 5.32 Å². The zero-order valence-corrected chi connectivity index (χ0v) is 16.7. The first kappa shape index (κ1) is 20.9. The Bertz CT molecular complexity index is 997. The molecule has 2 N–H and O–H groups in total. The maximum atomic E-state index is 12.9. The maximum Gasteiger partial charge on any atom is 0.335 e. The van der Waals surface area contributed by atoms with Gasteiger partial charge in [0.1, 0.15) is 11.3 Å². The van der Waals surface area contributed by atoms with Gasteiger partial charge in [-0.1, -0.05) is 13.0 Å². The van der Waals surface area contributed by atoms with Crippen molar-refractivity contribution in [1.82, 2.24) is 5.32 Å². The van der Waals surface area contributed by atoms with Gasteiger partial charge in [0, 0.05) is 0 Å². The van der Waals surface area contributed by atoms with E-state index in [0.29, 0.717) is 30.2 Å². The van der Waals surface area contributed by atoms with Crippen LogP contribution < -0.4 is 19.7 Å². The number of nitrogens with one attached hydrogen (secondary N) is 1. The molecule has 0 bridgehead atoms. The Labute approximate surface area is 173 Å². The molecule has 0 spiro atoms. The number of barbiturate groups is 1. The molecule has 156 valence electrons. The number of phenols is 1. The van der Waals surface area contributed by atoms with E-state index in [1.165, 1.54) is 24.3 Å². The highest BCUT2D eigenvalue weighted by Crippen LogP contribution is 2.29. The Kier molecular flexibility index (Phi) is 6.36. The van der Waals surface area contributed by atoms with Gasteiger partial charge in [0.05, 0.1) is 18.9 Å². The van der Waals surface area contributed by atoms with Gasteiger partial charge in [-0.25, -0.2) is 9.69 Å². The van der Waals surface area contributed by atoms with Gasteiger partial charge in [-0.3, -0.25) is 14.9 Å². The first-order valence-electron chi connectivity index (χ1n) is 9.54. The van der Waals surface area contributed by atoms with Crippen LogP contribution in [0.2, 0.25) is 0 Å². The van der Waals surface area contributed by atoms with Crippen LogP contribution in [0, 0.1) is 0 Å². The number of carbonyl (C=O) groups excluding carboxylic acids is 3. The Balaban J connectivity index is 1.91. The predicted octanol–water partition coefficient (Wildman–Crippen LogP) is 3.25. The topological polar surface area (TPSA) is 105 Å². The SMILES string of the molecule is CCCOc1ccc(N2C(=O)NC(=O)/C(=C/c3ccc(O)c(OCC)c3)C2=O)cc1. The molecule has 30 heavy (non-hydrogen) atoms. The molecule has 2 aromatic rings. The van der Waals surface area contributed by atoms with E-state index in [-0.39, 0.29) is 17.1 Å². The van der Waals surface area contributed by atoms with Crippen LogP contribution in [-0.2, 0) is 9.59 Å². The summed E-state index contributed by atoms with van der Waals surface area (Å²) in [6.07, 6.45) is 2.20. The molecule has 0 unspecified atom stereocenters. The molecule has 1 fully saturated rings. The summed E-state index contributed by atoms with van der Waals surface area (Å²) < 4.78 is 10.8. The van der Waals surface area contributed by atoms with Crippen LogP contribution in [-0.4, -0.2) is 36.2 Å². The molecular weight excluding hydrogens is 388 g/mol. The van der Waals surface area contributed by atoms with Crippen LogP contribution in [0.4, 0.5) is 10.5 Å². The second kappa shape index (κ2) is 9.13. The van der Waals surface area contributed by atoms with Crippen molar-refractivity contribution in [3.8, 4) is 17.2 Å². The number of rotatable bonds is 7. The minimum absolute atomic E-state index is 0.0550. The van der Waals surface area contributed by atoms with Gasteiger partial charge >= 0.3 is 6.03 Å². The van der Waals surface area contributed by atoms with Crippen LogP contribution in [0.15, 0.2) is 48.0 Å². The minimum atomic E-state index is -0.829. The number of urea groups is 1. The third kappa shape index (κ3) is 4.43. The molecule has 1 aliphatic rings. The van der Waals surface area contributed by atoms with Crippen molar-refractivity contribution in [2.75, 3.05) is 18.1 Å². The average molecular weight is 410 g/mol. The minimum Gasteiger partial charge on any atom is -0.504 e. The van der Waals surface area contributed by atoms with Crippen molar-refractivity contribution in [3.63, 3.8) is 0 Å². The molecule has 8 nitrogen and oxygen atoms in total. The summed E-state index contributed by atoms with van der Waals surface area (Å²) in [5.41, 5.74) is 0.557. The summed E-state index contributed by atoms with van der Waals surface area (Å²) >= 11 is 0. The number of imide groups is 2. The second-order valence-corrected chi connectivity index (χ2v) is 6.46. The first-order valence-corrected chi connectivity index (χ1v) is 9.54. The van der Waals surface area contributed by atoms with E-state index in [0.717, 1.165) is 11.3 Å². The molecule has 1 aliphatic heterocycles. The quantitative estimate of drug-likeness (QED) is 0.536. The van der Waals surface area contributed by atoms with Crippen molar-refractivity contribution >= 4 is 29.6 Å². The number of benzene rings is 2. The summed E-state index contributed by atoms with van der Waals surface area (Å²) in [5, 5.41) is 12.0. The molecule has 2 aromatic carbocycles. The smallest absolute Gasteiger partial charge is 0.335 e. The fraction of sp³-hybridized carbons (Fsp3) is 0.227. The maximum absolute atomic E-state index is 12.9. The van der Waals surface area contributed by atoms with Crippen LogP contribution in [0.3, 0.4) is 0 Å². The number of aromatic hydroxyl groups is 1. The van der Waals surface area contributed by atoms with Crippen LogP contribution >= 0.6 is 0 Å². The van der Waals surface area contributed by atoms with Crippen molar-refractivity contribution < 1.29 is 29.0 Å². The molecule has 0 radical (unpaired) electrons. The highest BCUT2D eigenvalue weighted by molar-refractivity contribution is 6.39. The summed E-state index contributed by atoms with van der Waals surface area (Å²) in [7, 11) is 0. The lowest BCUT2D eigenvalue weighted by Crippen LogP contribution is -2.54. The highest BCUT2D eigenvalue weighted by Gasteiger charge is 2.36. The molecule has 1 saturated heterocycles. The standard InChI is InChI=1S/C22H22N2O6/c1-3-11-30-16-8-6-15(7-9-16)24-21(27)17(20(26)23-22(24)28)12-14-5-10-18(25)19(13-14)29-4-2/h5-10,12-13,25H,3-4,11H2,1-2H3,(H,23,26,28)/b17-12-. The molecule has 0 aromatic heterocycles. The predicted molar refractivity (Wildman–Crippen MR) is 111 cm³/mol. The average Bonchev–Trinajstić information content (AvgIpc) is 2.73. The highest BCUT2D eigenvalue weighted by atomic mass is 16.5. The third-order valence-corrected chi connectivity index (χ3v) is 4.26. The lowest BCUT2D eigenvalue weighted by molar-refractivity contribution is -0.122. The van der Waals surface area contributed by atoms with Gasteiger partial charge < -0.3 is 14.6 Å². The number of carbonyl (C=O) groups is 3. The Morgan fingerprint density at radius 1 is 1.03 bits per heavy atom. The van der Waals surface area contributed by atoms with Crippen molar-refractivity contribution in [1.29, 1.82) is 0 Å². The molecule has 1 heterocycles. The van der Waals surface area contributed by atoms with E-state index in [1.54, 1.807) is 31.2 Å². The fourth-order valence-corrected chi connectivity index (χ4v) is 2.86. The van der Waals surface area contributed by atoms with Crippen LogP contribution in [0.1, 0.15) is 25.8 Å². The number of nitrogens with zero attached hydrogens (tertiary/aromatic N) is 1. The number of hydrogen-bond acceptors (Lipinski definition) is 6. The lowest BCUT2D eigenvalue weighted by Gasteiger charge is -2.26. The summed E-state index contributed by atoms with van der Waals surface area (Å²) in [6, 6.07) is 10.1. The number of amides is 4. The van der Waals surface area contributed by atoms with Gasteiger partial charge in [-0.15, -0.1) is 0 Å². The van der Waals surface area contributed by atoms with Crippen LogP contribution in [0.25, 0.3) is 6.08 Å². The molecular formula is C22H22N2O6. The zero-order valence-electron chi connectivity index (χ0n) is 16.7. The Hall–Kier alpha value is -3.81. The molecule has 4 amide bonds. The molecule has 0 saturated carbocycles. The van der Waals surface area contributed by atoms with E-state index >= 15 is 0 Å². The van der Waals surface area contributed by atoms with Crippen molar-refractivity contribution in [2.24, 2.45) is 0 Å². The van der Waals surface area contributed by atoms with E-state index in [4.69, 9.17) is 9.47 Å². The van der Waals surface area contributed by atoms with Gasteiger partial charge in [-0.2, -0.15) is 0 Å². The van der Waals surface area contributed by atoms with Gasteiger partial charge in [-0.05, 0) is 61.4 Å². The largest absolute Gasteiger partial charge is 0.504 e. The number of hydrogen-bond donors (Lipinski definition) is 2. The Morgan fingerprint density at radius 3 is 2.43 bits per heavy atom. The van der Waals surface area contributed by atoms with Crippen molar-refractivity contribution in [2.45, 2.75) is 20.3 Å². The van der Waals surface area contributed by atoms with Gasteiger partial charge in [0.15, 0.2) is 11.5 Å². The fourth-order valence-electron chi connectivity index (χ4n) is 2.86. The first-order chi connectivity index (χ1) is 14.4. The third-order valence-electron chi connectivity index (χ3n) is 4.26. The summed E-state index contributed by atoms with van der Waals surface area (Å²) in [4.78, 5) is 38.5. The van der Waals surface area contributed by atoms with Gasteiger partial charge in [0.2, 0.25) is 0 Å². The molecule has 8 heteroatoms. The zero-order chi connectivity index (χ0) is 21.7. The van der Waals surface area contributed by atoms with E-state index in [1.807, 2.05) is 6.92 Å². The molecule has 0 atom stereocenters. The number of ether oxygens (including phenoxy) is 2. The van der Waals surface area contributed by atoms with Crippen molar-refractivity contribution in [3.05, 3.63) is 53.6 Å². The Morgan fingerprint density at radius 2 is 1.77 bits per heavy atom. The van der Waals surface area contributed by atoms with Crippen LogP contribution in [0.5, 0.6) is 17.2 Å². The summed E-state index contributed by atoms with van der Waals surface area (Å²) in [6.45, 7) is 4.65. The number of phenolic OH excluding ortho intramolecular Hbond substituents is 1. The molecule has 3 rings (SSSR count). The van der Waals surface area contributed by atoms with E-state index < -0.39 is 17.8 Å². The lowest BCUT2D eigenvalue weighted by atomic mass is 10.1. The normalized spacial score (nSPS) is 15.3. The number of anilines is 1. The van der Waals surface area contributed by atoms with Gasteiger partial charge in [0.25, 0.3) is 11.8 Å². The monoisotopic (exact) mass is 410 g/mol. The molecule has 0 aliphatic carbocycles. The summed E-state index contributed by atoms with van der Waals surface area (Å²) in [5.74, 6) is -0.760. The second-order valence-electron chi connectivity index (χ2n) is 6.46. The van der Waals surface area contributed by atoms with E-state index in [9.17, 15) is 19.5 Å².